The minimum atomic E-state index is -2.94. The maximum atomic E-state index is 12.5. The van der Waals surface area contributed by atoms with E-state index in [2.05, 4.69) is 9.82 Å². The second kappa shape index (κ2) is 16.3. The fourth-order valence-corrected chi connectivity index (χ4v) is 6.99. The molecule has 0 unspecified atom stereocenters. The molecule has 1 aromatic heterocycles. The first-order chi connectivity index (χ1) is 20.9. The van der Waals surface area contributed by atoms with Gasteiger partial charge in [0.25, 0.3) is 0 Å². The Morgan fingerprint density at radius 2 is 1.57 bits per heavy atom. The predicted molar refractivity (Wildman–Crippen MR) is 180 cm³/mol. The Hall–Kier alpha value is -3.04. The van der Waals surface area contributed by atoms with Crippen molar-refractivity contribution in [3.63, 3.8) is 0 Å². The first-order valence-electron chi connectivity index (χ1n) is 16.0. The lowest BCUT2D eigenvalue weighted by Gasteiger charge is -2.21. The van der Waals surface area contributed by atoms with Crippen LogP contribution in [0.25, 0.3) is 21.9 Å². The van der Waals surface area contributed by atoms with Crippen molar-refractivity contribution in [3.05, 3.63) is 59.0 Å². The van der Waals surface area contributed by atoms with Crippen LogP contribution in [0, 0.1) is 11.8 Å². The fraction of sp³-hybridized carbons (Fsp3) is 0.571. The molecule has 9 heteroatoms. The Labute approximate surface area is 263 Å². The zero-order chi connectivity index (χ0) is 32.4. The normalized spacial score (nSPS) is 15.5. The summed E-state index contributed by atoms with van der Waals surface area (Å²) in [6.45, 7) is 11.5. The van der Waals surface area contributed by atoms with Crippen LogP contribution in [0.4, 0.5) is 0 Å². The minimum Gasteiger partial charge on any atom is -0.491 e. The number of benzene rings is 2. The Morgan fingerprint density at radius 3 is 2.14 bits per heavy atom. The number of ketones is 1. The summed E-state index contributed by atoms with van der Waals surface area (Å²) in [5, 5.41) is 6.40. The lowest BCUT2D eigenvalue weighted by Crippen LogP contribution is -2.32. The van der Waals surface area contributed by atoms with Crippen LogP contribution in [-0.2, 0) is 14.8 Å². The summed E-state index contributed by atoms with van der Waals surface area (Å²) in [5.74, 6) is 1.75. The van der Waals surface area contributed by atoms with Crippen molar-refractivity contribution in [2.45, 2.75) is 110 Å². The fourth-order valence-electron chi connectivity index (χ4n) is 5.38. The number of carbonyl (C=O) groups is 1. The van der Waals surface area contributed by atoms with Gasteiger partial charge in [-0.1, -0.05) is 88.4 Å². The van der Waals surface area contributed by atoms with E-state index in [1.807, 2.05) is 84.0 Å². The van der Waals surface area contributed by atoms with E-state index in [4.69, 9.17) is 4.74 Å². The number of aromatic nitrogens is 2. The molecule has 3 aromatic rings. The van der Waals surface area contributed by atoms with Gasteiger partial charge in [0.2, 0.25) is 10.0 Å². The number of nitrogens with zero attached hydrogens (tertiary/aromatic N) is 2. The molecule has 0 aliphatic heterocycles. The van der Waals surface area contributed by atoms with Gasteiger partial charge in [0.05, 0.1) is 30.2 Å². The average Bonchev–Trinajstić information content (AvgIpc) is 3.84. The molecular weight excluding hydrogens is 574 g/mol. The number of fused-ring (bicyclic) bond motifs is 1. The number of hydrogen-bond donors (Lipinski definition) is 1. The number of nitrogens with one attached hydrogen (secondary N) is 1. The molecule has 44 heavy (non-hydrogen) atoms. The van der Waals surface area contributed by atoms with Crippen LogP contribution in [0.5, 0.6) is 5.75 Å². The molecule has 0 bridgehead atoms. The summed E-state index contributed by atoms with van der Waals surface area (Å²) in [5.41, 5.74) is 1.47. The van der Waals surface area contributed by atoms with Gasteiger partial charge >= 0.3 is 5.56 Å². The van der Waals surface area contributed by atoms with E-state index in [0.29, 0.717) is 17.5 Å². The standard InChI is InChI=1S/C18H18N2O2.C11H20O.C6H13NO2S/c1-12(2)20-18(21)17(22-3)16(11-19-20)15-10-6-8-13-7-4-5-9-14(13)15;1-9(2)11(12)8-10-6-4-3-5-7-10;1-5(2)7-10(8,9)6-3-4-6/h4-12H,1-3H3;9-10H,3-8H2,1-2H3;5-7H,3-4H2,1-2H3. The van der Waals surface area contributed by atoms with E-state index in [9.17, 15) is 18.0 Å². The molecule has 1 heterocycles. The molecule has 2 aromatic carbocycles. The van der Waals surface area contributed by atoms with Crippen molar-refractivity contribution < 1.29 is 17.9 Å². The highest BCUT2D eigenvalue weighted by molar-refractivity contribution is 7.90. The molecule has 0 amide bonds. The quantitative estimate of drug-likeness (QED) is 0.267. The summed E-state index contributed by atoms with van der Waals surface area (Å²) in [6, 6.07) is 14.1. The van der Waals surface area contributed by atoms with Crippen LogP contribution in [0.2, 0.25) is 0 Å². The van der Waals surface area contributed by atoms with Gasteiger partial charge in [-0.05, 0) is 62.8 Å². The molecule has 0 saturated heterocycles. The lowest BCUT2D eigenvalue weighted by atomic mass is 9.84. The van der Waals surface area contributed by atoms with Gasteiger partial charge in [0.15, 0.2) is 5.75 Å². The zero-order valence-electron chi connectivity index (χ0n) is 27.5. The van der Waals surface area contributed by atoms with E-state index in [1.54, 1.807) is 6.20 Å². The molecular formula is C35H51N3O5S. The zero-order valence-corrected chi connectivity index (χ0v) is 28.3. The molecule has 2 aliphatic rings. The van der Waals surface area contributed by atoms with Gasteiger partial charge in [-0.25, -0.2) is 17.8 Å². The third kappa shape index (κ3) is 9.99. The first-order valence-corrected chi connectivity index (χ1v) is 17.6. The molecule has 2 aliphatic carbocycles. The summed E-state index contributed by atoms with van der Waals surface area (Å²) in [6.07, 6.45) is 10.9. The number of sulfonamides is 1. The third-order valence-corrected chi connectivity index (χ3v) is 10.1. The van der Waals surface area contributed by atoms with Crippen molar-refractivity contribution in [2.24, 2.45) is 11.8 Å². The number of rotatable bonds is 9. The largest absolute Gasteiger partial charge is 0.491 e. The second-order valence-corrected chi connectivity index (χ2v) is 14.8. The molecule has 0 atom stereocenters. The third-order valence-electron chi connectivity index (χ3n) is 7.95. The number of carbonyl (C=O) groups excluding carboxylic acids is 1. The summed E-state index contributed by atoms with van der Waals surface area (Å²) >= 11 is 0. The van der Waals surface area contributed by atoms with Crippen LogP contribution >= 0.6 is 0 Å². The first kappa shape index (κ1) is 35.4. The lowest BCUT2D eigenvalue weighted by molar-refractivity contribution is -0.123. The second-order valence-electron chi connectivity index (χ2n) is 12.8. The maximum Gasteiger partial charge on any atom is 0.309 e. The van der Waals surface area contributed by atoms with Crippen LogP contribution in [0.15, 0.2) is 53.5 Å². The van der Waals surface area contributed by atoms with Gasteiger partial charge in [0.1, 0.15) is 5.78 Å². The van der Waals surface area contributed by atoms with Crippen LogP contribution in [0.1, 0.15) is 99.0 Å². The van der Waals surface area contributed by atoms with Gasteiger partial charge in [-0.15, -0.1) is 0 Å². The van der Waals surface area contributed by atoms with Crippen molar-refractivity contribution in [2.75, 3.05) is 7.11 Å². The van der Waals surface area contributed by atoms with E-state index in [0.717, 1.165) is 41.2 Å². The molecule has 2 saturated carbocycles. The number of ether oxygens (including phenoxy) is 1. The summed E-state index contributed by atoms with van der Waals surface area (Å²) in [7, 11) is -1.41. The Balaban J connectivity index is 0.000000202. The van der Waals surface area contributed by atoms with Gasteiger partial charge in [-0.2, -0.15) is 5.10 Å². The average molecular weight is 626 g/mol. The van der Waals surface area contributed by atoms with E-state index in [1.165, 1.54) is 43.9 Å². The molecule has 8 nitrogen and oxygen atoms in total. The molecule has 5 rings (SSSR count). The van der Waals surface area contributed by atoms with Crippen molar-refractivity contribution in [1.82, 2.24) is 14.5 Å². The number of hydrogen-bond acceptors (Lipinski definition) is 6. The maximum absolute atomic E-state index is 12.5. The van der Waals surface area contributed by atoms with Crippen molar-refractivity contribution in [3.8, 4) is 16.9 Å². The SMILES string of the molecule is CC(C)C(=O)CC1CCCCC1.CC(C)NS(=O)(=O)C1CC1.COc1c(-c2cccc3ccccc23)cnn(C(C)C)c1=O. The van der Waals surface area contributed by atoms with Crippen molar-refractivity contribution in [1.29, 1.82) is 0 Å². The molecule has 242 valence electrons. The monoisotopic (exact) mass is 625 g/mol. The summed E-state index contributed by atoms with van der Waals surface area (Å²) < 4.78 is 31.6. The van der Waals surface area contributed by atoms with Gasteiger partial charge in [0, 0.05) is 18.4 Å². The van der Waals surface area contributed by atoms with Gasteiger partial charge < -0.3 is 4.74 Å². The molecule has 1 N–H and O–H groups in total. The number of methoxy groups -OCH3 is 1. The smallest absolute Gasteiger partial charge is 0.309 e. The highest BCUT2D eigenvalue weighted by Gasteiger charge is 2.35. The highest BCUT2D eigenvalue weighted by Crippen LogP contribution is 2.33. The van der Waals surface area contributed by atoms with E-state index in [-0.39, 0.29) is 28.8 Å². The predicted octanol–water partition coefficient (Wildman–Crippen LogP) is 7.31. The molecule has 0 radical (unpaired) electrons. The van der Waals surface area contributed by atoms with Crippen LogP contribution in [-0.4, -0.2) is 42.4 Å². The molecule has 2 fully saturated rings. The summed E-state index contributed by atoms with van der Waals surface area (Å²) in [4.78, 5) is 24.0. The Kier molecular flexibility index (Phi) is 13.1. The Bertz CT molecular complexity index is 1530. The van der Waals surface area contributed by atoms with Gasteiger partial charge in [-0.3, -0.25) is 9.59 Å². The van der Waals surface area contributed by atoms with E-state index < -0.39 is 10.0 Å². The van der Waals surface area contributed by atoms with Crippen LogP contribution in [0.3, 0.4) is 0 Å². The molecule has 0 spiro atoms. The van der Waals surface area contributed by atoms with E-state index >= 15 is 0 Å². The minimum absolute atomic E-state index is 0.0111. The van der Waals surface area contributed by atoms with Crippen molar-refractivity contribution >= 4 is 26.6 Å². The Morgan fingerprint density at radius 1 is 0.932 bits per heavy atom. The van der Waals surface area contributed by atoms with Crippen LogP contribution < -0.4 is 15.0 Å². The topological polar surface area (TPSA) is 107 Å². The number of Topliss-reactive ketones (excluding diaryl/α,β-unsaturated/α-hetero) is 1. The highest BCUT2D eigenvalue weighted by atomic mass is 32.2.